The first-order valence-corrected chi connectivity index (χ1v) is 8.18. The lowest BCUT2D eigenvalue weighted by atomic mass is 9.93. The largest absolute Gasteiger partial charge is 0.393 e. The molecule has 20 heavy (non-hydrogen) atoms. The van der Waals surface area contributed by atoms with Gasteiger partial charge in [-0.3, -0.25) is 0 Å². The van der Waals surface area contributed by atoms with E-state index in [9.17, 15) is 10.2 Å². The minimum absolute atomic E-state index is 0.220. The Kier molecular flexibility index (Phi) is 13.0. The van der Waals surface area contributed by atoms with Gasteiger partial charge in [-0.1, -0.05) is 31.9 Å². The predicted molar refractivity (Wildman–Crippen MR) is 87.7 cm³/mol. The minimum atomic E-state index is -0.220. The van der Waals surface area contributed by atoms with Crippen LogP contribution < -0.4 is 0 Å². The molecule has 0 heterocycles. The van der Waals surface area contributed by atoms with Gasteiger partial charge in [-0.25, -0.2) is 0 Å². The normalized spacial score (nSPS) is 15.6. The SMILES string of the molecule is C=CCCCCC(O)CC(C)CC(O)CCCCC=C. The summed E-state index contributed by atoms with van der Waals surface area (Å²) in [6.45, 7) is 9.52. The standard InChI is InChI=1S/C18H34O2/c1-4-6-8-10-12-17(19)14-16(3)15-18(20)13-11-9-7-5-2/h4-5,16-20H,1-2,6-15H2,3H3. The lowest BCUT2D eigenvalue weighted by Crippen LogP contribution is -2.17. The molecule has 0 aliphatic carbocycles. The molecule has 0 spiro atoms. The highest BCUT2D eigenvalue weighted by Crippen LogP contribution is 2.19. The van der Waals surface area contributed by atoms with Crippen molar-refractivity contribution in [2.24, 2.45) is 5.92 Å². The molecular weight excluding hydrogens is 248 g/mol. The molecule has 2 N–H and O–H groups in total. The van der Waals surface area contributed by atoms with E-state index in [4.69, 9.17) is 0 Å². The molecule has 0 aromatic heterocycles. The number of unbranched alkanes of at least 4 members (excludes halogenated alkanes) is 4. The van der Waals surface area contributed by atoms with Crippen LogP contribution in [0.4, 0.5) is 0 Å². The first-order valence-electron chi connectivity index (χ1n) is 8.18. The van der Waals surface area contributed by atoms with E-state index in [1.54, 1.807) is 0 Å². The Morgan fingerprint density at radius 1 is 0.800 bits per heavy atom. The van der Waals surface area contributed by atoms with Crippen molar-refractivity contribution < 1.29 is 10.2 Å². The molecule has 2 nitrogen and oxygen atoms in total. The van der Waals surface area contributed by atoms with Crippen LogP contribution in [0.2, 0.25) is 0 Å². The summed E-state index contributed by atoms with van der Waals surface area (Å²) in [4.78, 5) is 0. The topological polar surface area (TPSA) is 40.5 Å². The Morgan fingerprint density at radius 3 is 1.55 bits per heavy atom. The molecule has 2 unspecified atom stereocenters. The summed E-state index contributed by atoms with van der Waals surface area (Å²) >= 11 is 0. The van der Waals surface area contributed by atoms with Crippen molar-refractivity contribution in [3.8, 4) is 0 Å². The third-order valence-corrected chi connectivity index (χ3v) is 3.74. The fourth-order valence-corrected chi connectivity index (χ4v) is 2.60. The van der Waals surface area contributed by atoms with Crippen molar-refractivity contribution >= 4 is 0 Å². The monoisotopic (exact) mass is 282 g/mol. The molecule has 0 aliphatic heterocycles. The third-order valence-electron chi connectivity index (χ3n) is 3.74. The second kappa shape index (κ2) is 13.4. The van der Waals surface area contributed by atoms with Crippen LogP contribution in [-0.4, -0.2) is 22.4 Å². The summed E-state index contributed by atoms with van der Waals surface area (Å²) in [6.07, 6.45) is 13.2. The maximum absolute atomic E-state index is 9.96. The third kappa shape index (κ3) is 12.4. The quantitative estimate of drug-likeness (QED) is 0.360. The van der Waals surface area contributed by atoms with Crippen LogP contribution in [0, 0.1) is 5.92 Å². The van der Waals surface area contributed by atoms with Crippen molar-refractivity contribution in [3.05, 3.63) is 25.3 Å². The van der Waals surface area contributed by atoms with Gasteiger partial charge >= 0.3 is 0 Å². The van der Waals surface area contributed by atoms with Gasteiger partial charge in [-0.15, -0.1) is 13.2 Å². The molecule has 0 radical (unpaired) electrons. The average molecular weight is 282 g/mol. The van der Waals surface area contributed by atoms with E-state index in [2.05, 4.69) is 20.1 Å². The van der Waals surface area contributed by atoms with Crippen LogP contribution in [0.25, 0.3) is 0 Å². The Hall–Kier alpha value is -0.600. The van der Waals surface area contributed by atoms with Crippen LogP contribution in [0.1, 0.15) is 71.1 Å². The maximum atomic E-state index is 9.96. The molecule has 0 saturated carbocycles. The van der Waals surface area contributed by atoms with Gasteiger partial charge in [0.2, 0.25) is 0 Å². The molecular formula is C18H34O2. The van der Waals surface area contributed by atoms with Crippen LogP contribution >= 0.6 is 0 Å². The highest BCUT2D eigenvalue weighted by Gasteiger charge is 2.14. The molecule has 0 saturated heterocycles. The van der Waals surface area contributed by atoms with Gasteiger partial charge < -0.3 is 10.2 Å². The van der Waals surface area contributed by atoms with Gasteiger partial charge in [0, 0.05) is 0 Å². The summed E-state index contributed by atoms with van der Waals surface area (Å²) in [5.74, 6) is 0.388. The number of rotatable bonds is 14. The van der Waals surface area contributed by atoms with Crippen molar-refractivity contribution in [3.63, 3.8) is 0 Å². The summed E-state index contributed by atoms with van der Waals surface area (Å²) in [5, 5.41) is 19.9. The summed E-state index contributed by atoms with van der Waals surface area (Å²) in [7, 11) is 0. The molecule has 0 aliphatic rings. The zero-order chi connectivity index (χ0) is 15.2. The van der Waals surface area contributed by atoms with Gasteiger partial charge in [0.25, 0.3) is 0 Å². The van der Waals surface area contributed by atoms with E-state index in [0.717, 1.165) is 64.2 Å². The van der Waals surface area contributed by atoms with Crippen LogP contribution in [-0.2, 0) is 0 Å². The van der Waals surface area contributed by atoms with Crippen molar-refractivity contribution in [1.82, 2.24) is 0 Å². The Balaban J connectivity index is 3.60. The maximum Gasteiger partial charge on any atom is 0.0542 e. The van der Waals surface area contributed by atoms with Crippen molar-refractivity contribution in [2.75, 3.05) is 0 Å². The number of aliphatic hydroxyl groups is 2. The Bertz CT molecular complexity index is 214. The molecule has 0 amide bonds. The molecule has 2 heteroatoms. The summed E-state index contributed by atoms with van der Waals surface area (Å²) in [5.41, 5.74) is 0. The van der Waals surface area contributed by atoms with E-state index in [0.29, 0.717) is 5.92 Å². The van der Waals surface area contributed by atoms with Gasteiger partial charge in [0.05, 0.1) is 12.2 Å². The zero-order valence-corrected chi connectivity index (χ0v) is 13.3. The second-order valence-corrected chi connectivity index (χ2v) is 6.03. The van der Waals surface area contributed by atoms with E-state index in [1.165, 1.54) is 0 Å². The first-order chi connectivity index (χ1) is 9.60. The smallest absolute Gasteiger partial charge is 0.0542 e. The lowest BCUT2D eigenvalue weighted by molar-refractivity contribution is 0.0966. The van der Waals surface area contributed by atoms with Gasteiger partial charge in [0.15, 0.2) is 0 Å². The van der Waals surface area contributed by atoms with Crippen LogP contribution in [0.15, 0.2) is 25.3 Å². The Morgan fingerprint density at radius 2 is 1.20 bits per heavy atom. The van der Waals surface area contributed by atoms with Gasteiger partial charge in [-0.05, 0) is 57.3 Å². The summed E-state index contributed by atoms with van der Waals surface area (Å²) < 4.78 is 0. The van der Waals surface area contributed by atoms with E-state index in [-0.39, 0.29) is 12.2 Å². The Labute approximate surface area is 125 Å². The number of allylic oxidation sites excluding steroid dienone is 2. The lowest BCUT2D eigenvalue weighted by Gasteiger charge is -2.19. The first kappa shape index (κ1) is 19.4. The molecule has 2 atom stereocenters. The molecule has 118 valence electrons. The fraction of sp³-hybridized carbons (Fsp3) is 0.778. The van der Waals surface area contributed by atoms with Crippen molar-refractivity contribution in [2.45, 2.75) is 83.3 Å². The second-order valence-electron chi connectivity index (χ2n) is 6.03. The highest BCUT2D eigenvalue weighted by atomic mass is 16.3. The fourth-order valence-electron chi connectivity index (χ4n) is 2.60. The molecule has 0 aromatic carbocycles. The van der Waals surface area contributed by atoms with Crippen molar-refractivity contribution in [1.29, 1.82) is 0 Å². The molecule has 0 bridgehead atoms. The summed E-state index contributed by atoms with van der Waals surface area (Å²) in [6, 6.07) is 0. The van der Waals surface area contributed by atoms with Gasteiger partial charge in [-0.2, -0.15) is 0 Å². The molecule has 0 aromatic rings. The molecule has 0 fully saturated rings. The van der Waals surface area contributed by atoms with E-state index < -0.39 is 0 Å². The molecule has 0 rings (SSSR count). The average Bonchev–Trinajstić information content (AvgIpc) is 2.39. The number of hydrogen-bond donors (Lipinski definition) is 2. The van der Waals surface area contributed by atoms with Crippen LogP contribution in [0.5, 0.6) is 0 Å². The number of aliphatic hydroxyl groups excluding tert-OH is 2. The predicted octanol–water partition coefficient (Wildman–Crippen LogP) is 4.62. The van der Waals surface area contributed by atoms with E-state index in [1.807, 2.05) is 12.2 Å². The minimum Gasteiger partial charge on any atom is -0.393 e. The van der Waals surface area contributed by atoms with E-state index >= 15 is 0 Å². The zero-order valence-electron chi connectivity index (χ0n) is 13.3. The highest BCUT2D eigenvalue weighted by molar-refractivity contribution is 4.70. The van der Waals surface area contributed by atoms with Crippen LogP contribution in [0.3, 0.4) is 0 Å². The van der Waals surface area contributed by atoms with Gasteiger partial charge in [0.1, 0.15) is 0 Å². The number of hydrogen-bond acceptors (Lipinski definition) is 2.